The predicted octanol–water partition coefficient (Wildman–Crippen LogP) is 7.15. The maximum atomic E-state index is 14.4. The van der Waals surface area contributed by atoms with Gasteiger partial charge in [-0.3, -0.25) is 19.1 Å². The number of nitriles is 1. The lowest BCUT2D eigenvalue weighted by atomic mass is 10.0. The third-order valence-corrected chi connectivity index (χ3v) is 10.0. The number of nitrogens with zero attached hydrogens (tertiary/aromatic N) is 5. The van der Waals surface area contributed by atoms with Gasteiger partial charge in [0.1, 0.15) is 27.6 Å². The zero-order valence-electron chi connectivity index (χ0n) is 26.2. The van der Waals surface area contributed by atoms with Crippen molar-refractivity contribution in [3.8, 4) is 6.07 Å². The highest BCUT2D eigenvalue weighted by Gasteiger charge is 2.33. The summed E-state index contributed by atoms with van der Waals surface area (Å²) < 4.78 is 16.5. The number of thioether (sulfide) groups is 1. The van der Waals surface area contributed by atoms with Crippen LogP contribution in [0.25, 0.3) is 6.08 Å². The highest BCUT2D eigenvalue weighted by Crippen LogP contribution is 2.36. The molecule has 0 radical (unpaired) electrons. The SMILES string of the molecule is CCCCCCCCCCCCN1C(=O)/C(=C\c2c(C)c(C#N)c(=O)n(C)c2N2CCN(c3ccccc3F)CC2)SC1=S. The molecule has 0 saturated carbocycles. The van der Waals surface area contributed by atoms with E-state index in [4.69, 9.17) is 12.2 Å². The van der Waals surface area contributed by atoms with Crippen LogP contribution in [0.3, 0.4) is 0 Å². The first-order valence-corrected chi connectivity index (χ1v) is 17.1. The first-order valence-electron chi connectivity index (χ1n) is 15.9. The smallest absolute Gasteiger partial charge is 0.270 e. The van der Waals surface area contributed by atoms with Gasteiger partial charge in [-0.2, -0.15) is 5.26 Å². The van der Waals surface area contributed by atoms with Crippen LogP contribution in [0.2, 0.25) is 0 Å². The molecule has 2 saturated heterocycles. The van der Waals surface area contributed by atoms with E-state index in [9.17, 15) is 19.2 Å². The quantitative estimate of drug-likeness (QED) is 0.124. The number of hydrogen-bond donors (Lipinski definition) is 0. The van der Waals surface area contributed by atoms with Gasteiger partial charge in [-0.1, -0.05) is 101 Å². The van der Waals surface area contributed by atoms with Gasteiger partial charge < -0.3 is 9.80 Å². The molecule has 2 aromatic rings. The Kier molecular flexibility index (Phi) is 12.4. The number of para-hydroxylation sites is 1. The summed E-state index contributed by atoms with van der Waals surface area (Å²) in [6.07, 6.45) is 14.0. The third kappa shape index (κ3) is 7.91. The first-order chi connectivity index (χ1) is 21.3. The fraction of sp³-hybridized carbons (Fsp3) is 0.529. The molecule has 0 N–H and O–H groups in total. The second-order valence-electron chi connectivity index (χ2n) is 11.7. The molecule has 3 heterocycles. The molecule has 2 aliphatic heterocycles. The molecule has 236 valence electrons. The molecule has 10 heteroatoms. The summed E-state index contributed by atoms with van der Waals surface area (Å²) >= 11 is 6.88. The normalized spacial score (nSPS) is 16.3. The number of amides is 1. The van der Waals surface area contributed by atoms with Crippen LogP contribution in [0, 0.1) is 24.1 Å². The Labute approximate surface area is 270 Å². The first kappa shape index (κ1) is 33.7. The average Bonchev–Trinajstić information content (AvgIpc) is 3.29. The van der Waals surface area contributed by atoms with Crippen molar-refractivity contribution >= 4 is 51.8 Å². The topological polar surface area (TPSA) is 72.6 Å². The number of benzene rings is 1. The van der Waals surface area contributed by atoms with Crippen LogP contribution in [0.15, 0.2) is 34.0 Å². The Morgan fingerprint density at radius 2 is 1.55 bits per heavy atom. The van der Waals surface area contributed by atoms with Crippen molar-refractivity contribution in [1.82, 2.24) is 9.47 Å². The Morgan fingerprint density at radius 3 is 2.16 bits per heavy atom. The molecule has 1 aromatic heterocycles. The number of hydrogen-bond acceptors (Lipinski definition) is 7. The average molecular weight is 638 g/mol. The van der Waals surface area contributed by atoms with E-state index in [1.807, 2.05) is 11.0 Å². The van der Waals surface area contributed by atoms with E-state index in [1.54, 1.807) is 37.1 Å². The molecule has 1 amide bonds. The number of pyridine rings is 1. The Morgan fingerprint density at radius 1 is 0.955 bits per heavy atom. The zero-order valence-corrected chi connectivity index (χ0v) is 27.9. The lowest BCUT2D eigenvalue weighted by molar-refractivity contribution is -0.122. The third-order valence-electron chi connectivity index (χ3n) is 8.62. The summed E-state index contributed by atoms with van der Waals surface area (Å²) in [5.74, 6) is 0.265. The second kappa shape index (κ2) is 16.2. The summed E-state index contributed by atoms with van der Waals surface area (Å²) in [6, 6.07) is 8.80. The number of unbranched alkanes of at least 4 members (excludes halogenated alkanes) is 9. The van der Waals surface area contributed by atoms with Crippen LogP contribution in [0.5, 0.6) is 0 Å². The standard InChI is InChI=1S/C34H44FN5O2S2/c1-4-5-6-7-8-9-10-11-12-15-18-40-33(42)30(44-34(40)43)23-26-25(2)27(24-36)32(41)37(3)31(26)39-21-19-38(20-22-39)29-17-14-13-16-28(29)35/h13-14,16-17,23H,4-12,15,18-22H2,1-3H3/b30-23+. The van der Waals surface area contributed by atoms with Gasteiger partial charge in [0, 0.05) is 45.3 Å². The molecule has 0 aliphatic carbocycles. The molecule has 0 atom stereocenters. The van der Waals surface area contributed by atoms with Gasteiger partial charge in [-0.15, -0.1) is 0 Å². The van der Waals surface area contributed by atoms with Crippen molar-refractivity contribution < 1.29 is 9.18 Å². The molecule has 2 aliphatic rings. The zero-order chi connectivity index (χ0) is 31.6. The Hall–Kier alpha value is -3.16. The number of thiocarbonyl (C=S) groups is 1. The fourth-order valence-corrected chi connectivity index (χ4v) is 7.33. The molecule has 1 aromatic carbocycles. The van der Waals surface area contributed by atoms with Crippen molar-refractivity contribution in [2.24, 2.45) is 7.05 Å². The van der Waals surface area contributed by atoms with Crippen molar-refractivity contribution in [2.75, 3.05) is 42.5 Å². The summed E-state index contributed by atoms with van der Waals surface area (Å²) in [4.78, 5) is 33.0. The highest BCUT2D eigenvalue weighted by molar-refractivity contribution is 8.26. The molecule has 44 heavy (non-hydrogen) atoms. The van der Waals surface area contributed by atoms with E-state index in [-0.39, 0.29) is 22.8 Å². The lowest BCUT2D eigenvalue weighted by Gasteiger charge is -2.38. The number of halogens is 1. The molecule has 0 unspecified atom stereocenters. The predicted molar refractivity (Wildman–Crippen MR) is 184 cm³/mol. The molecular formula is C34H44FN5O2S2. The summed E-state index contributed by atoms with van der Waals surface area (Å²) in [6.45, 7) is 6.82. The maximum Gasteiger partial charge on any atom is 0.270 e. The van der Waals surface area contributed by atoms with Gasteiger partial charge in [-0.25, -0.2) is 4.39 Å². The van der Waals surface area contributed by atoms with E-state index < -0.39 is 0 Å². The van der Waals surface area contributed by atoms with Crippen LogP contribution in [0.4, 0.5) is 15.9 Å². The Balaban J connectivity index is 1.46. The maximum absolute atomic E-state index is 14.4. The number of carbonyl (C=O) groups is 1. The van der Waals surface area contributed by atoms with E-state index >= 15 is 0 Å². The largest absolute Gasteiger partial charge is 0.366 e. The van der Waals surface area contributed by atoms with Crippen LogP contribution in [0.1, 0.15) is 87.8 Å². The van der Waals surface area contributed by atoms with Crippen LogP contribution >= 0.6 is 24.0 Å². The van der Waals surface area contributed by atoms with Crippen LogP contribution in [-0.4, -0.2) is 52.4 Å². The minimum absolute atomic E-state index is 0.0633. The van der Waals surface area contributed by atoms with Gasteiger partial charge in [-0.05, 0) is 37.1 Å². The minimum atomic E-state index is -0.373. The van der Waals surface area contributed by atoms with Gasteiger partial charge >= 0.3 is 0 Å². The van der Waals surface area contributed by atoms with E-state index in [0.29, 0.717) is 64.6 Å². The van der Waals surface area contributed by atoms with Crippen LogP contribution < -0.4 is 15.4 Å². The van der Waals surface area contributed by atoms with Crippen molar-refractivity contribution in [3.63, 3.8) is 0 Å². The number of carbonyl (C=O) groups excluding carboxylic acids is 1. The van der Waals surface area contributed by atoms with Gasteiger partial charge in [0.05, 0.1) is 10.6 Å². The van der Waals surface area contributed by atoms with Gasteiger partial charge in [0.15, 0.2) is 0 Å². The molecule has 0 spiro atoms. The second-order valence-corrected chi connectivity index (χ2v) is 13.3. The number of piperazine rings is 1. The minimum Gasteiger partial charge on any atom is -0.366 e. The van der Waals surface area contributed by atoms with E-state index in [2.05, 4.69) is 17.9 Å². The monoisotopic (exact) mass is 637 g/mol. The molecule has 0 bridgehead atoms. The molecule has 2 fully saturated rings. The lowest BCUT2D eigenvalue weighted by Crippen LogP contribution is -2.48. The van der Waals surface area contributed by atoms with Crippen molar-refractivity contribution in [1.29, 1.82) is 5.26 Å². The van der Waals surface area contributed by atoms with Crippen molar-refractivity contribution in [3.05, 3.63) is 62.0 Å². The number of aromatic nitrogens is 1. The summed E-state index contributed by atoms with van der Waals surface area (Å²) in [5, 5.41) is 9.82. The summed E-state index contributed by atoms with van der Waals surface area (Å²) in [7, 11) is 1.66. The van der Waals surface area contributed by atoms with E-state index in [0.717, 1.165) is 12.8 Å². The molecule has 7 nitrogen and oxygen atoms in total. The number of rotatable bonds is 14. The fourth-order valence-electron chi connectivity index (χ4n) is 6.04. The number of anilines is 2. The van der Waals surface area contributed by atoms with Gasteiger partial charge in [0.25, 0.3) is 11.5 Å². The highest BCUT2D eigenvalue weighted by atomic mass is 32.2. The summed E-state index contributed by atoms with van der Waals surface area (Å²) in [5.41, 5.74) is 1.46. The van der Waals surface area contributed by atoms with Crippen molar-refractivity contribution in [2.45, 2.75) is 78.1 Å². The van der Waals surface area contributed by atoms with Crippen LogP contribution in [-0.2, 0) is 11.8 Å². The van der Waals surface area contributed by atoms with Gasteiger partial charge in [0.2, 0.25) is 0 Å². The Bertz CT molecular complexity index is 1470. The van der Waals surface area contributed by atoms with E-state index in [1.165, 1.54) is 73.8 Å². The molecule has 4 rings (SSSR count). The molecular weight excluding hydrogens is 594 g/mol.